The summed E-state index contributed by atoms with van der Waals surface area (Å²) in [6, 6.07) is 1.75. The van der Waals surface area contributed by atoms with Crippen LogP contribution in [0.5, 0.6) is 0 Å². The third-order valence-corrected chi connectivity index (χ3v) is 3.36. The normalized spacial score (nSPS) is 20.1. The molecule has 0 bridgehead atoms. The summed E-state index contributed by atoms with van der Waals surface area (Å²) in [7, 11) is 0. The monoisotopic (exact) mass is 269 g/mol. The van der Waals surface area contributed by atoms with Gasteiger partial charge in [0.2, 0.25) is 0 Å². The fraction of sp³-hybridized carbons (Fsp3) is 0.615. The Bertz CT molecular complexity index is 400. The number of rotatable bonds is 4. The largest absolute Gasteiger partial charge is 0.397 e. The maximum Gasteiger partial charge on any atom is 0.147 e. The summed E-state index contributed by atoms with van der Waals surface area (Å²) in [6.07, 6.45) is 5.21. The lowest BCUT2D eigenvalue weighted by Gasteiger charge is -2.33. The van der Waals surface area contributed by atoms with Crippen molar-refractivity contribution in [2.75, 3.05) is 30.3 Å². The van der Waals surface area contributed by atoms with Gasteiger partial charge in [0, 0.05) is 19.7 Å². The van der Waals surface area contributed by atoms with E-state index in [1.165, 1.54) is 0 Å². The molecule has 1 aliphatic heterocycles. The molecule has 1 saturated heterocycles. The molecule has 1 fully saturated rings. The molecule has 1 aromatic heterocycles. The molecule has 100 valence electrons. The number of nitrogens with zero attached hydrogens (tertiary/aromatic N) is 2. The van der Waals surface area contributed by atoms with Gasteiger partial charge in [-0.25, -0.2) is 4.98 Å². The minimum Gasteiger partial charge on any atom is -0.397 e. The first-order valence-corrected chi connectivity index (χ1v) is 6.86. The van der Waals surface area contributed by atoms with Crippen LogP contribution in [-0.2, 0) is 4.74 Å². The highest BCUT2D eigenvalue weighted by Gasteiger charge is 2.22. The minimum atomic E-state index is 0.286. The number of piperidine rings is 1. The molecule has 2 heterocycles. The molecule has 5 heteroatoms. The third kappa shape index (κ3) is 3.27. The van der Waals surface area contributed by atoms with Gasteiger partial charge in [-0.1, -0.05) is 18.5 Å². The Kier molecular flexibility index (Phi) is 4.66. The first kappa shape index (κ1) is 13.4. The highest BCUT2D eigenvalue weighted by molar-refractivity contribution is 6.33. The standard InChI is InChI=1S/C13H20ClN3O/c1-2-6-18-11-4-3-5-17(9-11)13-12(14)7-10(15)8-16-13/h7-8,11H,2-6,9,15H2,1H3. The molecular weight excluding hydrogens is 250 g/mol. The van der Waals surface area contributed by atoms with Crippen LogP contribution in [0.25, 0.3) is 0 Å². The van der Waals surface area contributed by atoms with Crippen molar-refractivity contribution in [3.05, 3.63) is 17.3 Å². The summed E-state index contributed by atoms with van der Waals surface area (Å²) in [6.45, 7) is 4.78. The van der Waals surface area contributed by atoms with E-state index in [2.05, 4.69) is 16.8 Å². The van der Waals surface area contributed by atoms with Crippen LogP contribution in [0.15, 0.2) is 12.3 Å². The lowest BCUT2D eigenvalue weighted by atomic mass is 10.1. The van der Waals surface area contributed by atoms with Crippen molar-refractivity contribution in [3.63, 3.8) is 0 Å². The minimum absolute atomic E-state index is 0.286. The van der Waals surface area contributed by atoms with E-state index in [0.717, 1.165) is 44.8 Å². The number of halogens is 1. The molecule has 2 N–H and O–H groups in total. The van der Waals surface area contributed by atoms with E-state index in [9.17, 15) is 0 Å². The predicted molar refractivity (Wildman–Crippen MR) is 75.1 cm³/mol. The summed E-state index contributed by atoms with van der Waals surface area (Å²) < 4.78 is 5.81. The number of hydrogen-bond donors (Lipinski definition) is 1. The van der Waals surface area contributed by atoms with Gasteiger partial charge in [0.1, 0.15) is 5.82 Å². The number of ether oxygens (including phenoxy) is 1. The zero-order chi connectivity index (χ0) is 13.0. The quantitative estimate of drug-likeness (QED) is 0.913. The van der Waals surface area contributed by atoms with Crippen molar-refractivity contribution < 1.29 is 4.74 Å². The van der Waals surface area contributed by atoms with E-state index in [1.54, 1.807) is 12.3 Å². The predicted octanol–water partition coefficient (Wildman–Crippen LogP) is 2.71. The molecule has 1 atom stereocenters. The van der Waals surface area contributed by atoms with Gasteiger partial charge in [-0.05, 0) is 25.3 Å². The first-order valence-electron chi connectivity index (χ1n) is 6.48. The topological polar surface area (TPSA) is 51.4 Å². The Labute approximate surface area is 113 Å². The van der Waals surface area contributed by atoms with E-state index in [0.29, 0.717) is 10.7 Å². The van der Waals surface area contributed by atoms with Crippen LogP contribution >= 0.6 is 11.6 Å². The molecule has 0 spiro atoms. The van der Waals surface area contributed by atoms with Gasteiger partial charge in [-0.2, -0.15) is 0 Å². The summed E-state index contributed by atoms with van der Waals surface area (Å²) in [5.41, 5.74) is 6.26. The van der Waals surface area contributed by atoms with Crippen LogP contribution in [0.1, 0.15) is 26.2 Å². The van der Waals surface area contributed by atoms with Crippen LogP contribution < -0.4 is 10.6 Å². The van der Waals surface area contributed by atoms with Crippen LogP contribution in [0.2, 0.25) is 5.02 Å². The zero-order valence-electron chi connectivity index (χ0n) is 10.7. The molecule has 0 amide bonds. The Morgan fingerprint density at radius 1 is 1.61 bits per heavy atom. The number of aromatic nitrogens is 1. The average Bonchev–Trinajstić information content (AvgIpc) is 2.36. The zero-order valence-corrected chi connectivity index (χ0v) is 11.5. The second kappa shape index (κ2) is 6.25. The first-order chi connectivity index (χ1) is 8.70. The highest BCUT2D eigenvalue weighted by atomic mass is 35.5. The van der Waals surface area contributed by atoms with Crippen molar-refractivity contribution in [2.24, 2.45) is 0 Å². The molecular formula is C13H20ClN3O. The summed E-state index contributed by atoms with van der Waals surface area (Å²) in [5.74, 6) is 0.815. The summed E-state index contributed by atoms with van der Waals surface area (Å²) in [5, 5.41) is 0.617. The molecule has 2 rings (SSSR count). The fourth-order valence-electron chi connectivity index (χ4n) is 2.23. The second-order valence-electron chi connectivity index (χ2n) is 4.66. The Morgan fingerprint density at radius 2 is 2.44 bits per heavy atom. The Hall–Kier alpha value is -1.00. The molecule has 0 saturated carbocycles. The van der Waals surface area contributed by atoms with E-state index in [-0.39, 0.29) is 6.10 Å². The van der Waals surface area contributed by atoms with E-state index in [1.807, 2.05) is 0 Å². The molecule has 4 nitrogen and oxygen atoms in total. The Balaban J connectivity index is 2.03. The van der Waals surface area contributed by atoms with Crippen LogP contribution in [0.4, 0.5) is 11.5 Å². The van der Waals surface area contributed by atoms with Crippen molar-refractivity contribution in [2.45, 2.75) is 32.3 Å². The number of anilines is 2. The molecule has 0 radical (unpaired) electrons. The Morgan fingerprint density at radius 3 is 3.17 bits per heavy atom. The van der Waals surface area contributed by atoms with Crippen LogP contribution in [0.3, 0.4) is 0 Å². The fourth-order valence-corrected chi connectivity index (χ4v) is 2.52. The average molecular weight is 270 g/mol. The number of pyridine rings is 1. The second-order valence-corrected chi connectivity index (χ2v) is 5.06. The van der Waals surface area contributed by atoms with E-state index >= 15 is 0 Å². The molecule has 0 aromatic carbocycles. The molecule has 1 unspecified atom stereocenters. The summed E-state index contributed by atoms with van der Waals surface area (Å²) >= 11 is 6.19. The van der Waals surface area contributed by atoms with Crippen molar-refractivity contribution in [1.29, 1.82) is 0 Å². The van der Waals surface area contributed by atoms with Crippen molar-refractivity contribution in [1.82, 2.24) is 4.98 Å². The van der Waals surface area contributed by atoms with Gasteiger partial charge < -0.3 is 15.4 Å². The lowest BCUT2D eigenvalue weighted by molar-refractivity contribution is 0.0439. The molecule has 0 aliphatic carbocycles. The summed E-state index contributed by atoms with van der Waals surface area (Å²) in [4.78, 5) is 6.52. The van der Waals surface area contributed by atoms with Crippen molar-refractivity contribution >= 4 is 23.1 Å². The van der Waals surface area contributed by atoms with Crippen molar-refractivity contribution in [3.8, 4) is 0 Å². The SMILES string of the molecule is CCCOC1CCCN(c2ncc(N)cc2Cl)C1. The smallest absolute Gasteiger partial charge is 0.147 e. The number of nitrogen functional groups attached to an aromatic ring is 1. The van der Waals surface area contributed by atoms with Gasteiger partial charge in [0.25, 0.3) is 0 Å². The third-order valence-electron chi connectivity index (χ3n) is 3.08. The lowest BCUT2D eigenvalue weighted by Crippen LogP contribution is -2.40. The van der Waals surface area contributed by atoms with E-state index in [4.69, 9.17) is 22.1 Å². The van der Waals surface area contributed by atoms with Gasteiger partial charge >= 0.3 is 0 Å². The molecule has 18 heavy (non-hydrogen) atoms. The number of nitrogens with two attached hydrogens (primary N) is 1. The van der Waals surface area contributed by atoms with Gasteiger partial charge in [0.05, 0.1) is 23.0 Å². The number of hydrogen-bond acceptors (Lipinski definition) is 4. The van der Waals surface area contributed by atoms with Gasteiger partial charge in [-0.15, -0.1) is 0 Å². The van der Waals surface area contributed by atoms with Crippen LogP contribution in [-0.4, -0.2) is 30.8 Å². The molecule has 1 aliphatic rings. The maximum absolute atomic E-state index is 6.19. The maximum atomic E-state index is 6.19. The van der Waals surface area contributed by atoms with E-state index < -0.39 is 0 Å². The molecule has 1 aromatic rings. The van der Waals surface area contributed by atoms with Gasteiger partial charge in [0.15, 0.2) is 0 Å². The van der Waals surface area contributed by atoms with Gasteiger partial charge in [-0.3, -0.25) is 0 Å². The van der Waals surface area contributed by atoms with Crippen LogP contribution in [0, 0.1) is 0 Å². The highest BCUT2D eigenvalue weighted by Crippen LogP contribution is 2.28.